The van der Waals surface area contributed by atoms with Crippen LogP contribution in [-0.2, 0) is 12.8 Å². The van der Waals surface area contributed by atoms with E-state index in [2.05, 4.69) is 35.8 Å². The summed E-state index contributed by atoms with van der Waals surface area (Å²) in [6, 6.07) is 9.56. The van der Waals surface area contributed by atoms with Crippen LogP contribution in [0.25, 0.3) is 11.6 Å². The Balaban J connectivity index is 1.40. The molecule has 0 fully saturated rings. The maximum Gasteiger partial charge on any atom is 0.216 e. The maximum absolute atomic E-state index is 5.28. The number of pyridine rings is 1. The molecule has 0 aliphatic heterocycles. The summed E-state index contributed by atoms with van der Waals surface area (Å²) in [7, 11) is 1.75. The smallest absolute Gasteiger partial charge is 0.216 e. The topological polar surface area (TPSA) is 104 Å². The van der Waals surface area contributed by atoms with Gasteiger partial charge < -0.3 is 15.1 Å². The Morgan fingerprint density at radius 3 is 2.76 bits per heavy atom. The molecule has 0 radical (unpaired) electrons. The normalized spacial score (nSPS) is 11.5. The van der Waals surface area contributed by atoms with E-state index in [4.69, 9.17) is 4.42 Å². The lowest BCUT2D eigenvalue weighted by Crippen LogP contribution is -2.39. The fourth-order valence-electron chi connectivity index (χ4n) is 2.30. The number of furan rings is 1. The van der Waals surface area contributed by atoms with E-state index < -0.39 is 0 Å². The summed E-state index contributed by atoms with van der Waals surface area (Å²) in [6.45, 7) is 1.46. The van der Waals surface area contributed by atoms with E-state index in [-0.39, 0.29) is 0 Å². The van der Waals surface area contributed by atoms with Gasteiger partial charge in [0.2, 0.25) is 5.82 Å². The van der Waals surface area contributed by atoms with E-state index in [1.165, 1.54) is 0 Å². The van der Waals surface area contributed by atoms with Crippen molar-refractivity contribution in [2.24, 2.45) is 4.99 Å². The fraction of sp³-hybridized carbons (Fsp3) is 0.294. The van der Waals surface area contributed by atoms with Crippen LogP contribution in [-0.4, -0.2) is 46.3 Å². The van der Waals surface area contributed by atoms with Crippen molar-refractivity contribution < 1.29 is 4.42 Å². The van der Waals surface area contributed by atoms with Crippen LogP contribution in [0.4, 0.5) is 0 Å². The largest absolute Gasteiger partial charge is 0.461 e. The Hall–Kier alpha value is -3.16. The van der Waals surface area contributed by atoms with Crippen molar-refractivity contribution >= 4 is 5.96 Å². The zero-order valence-corrected chi connectivity index (χ0v) is 14.1. The van der Waals surface area contributed by atoms with Crippen molar-refractivity contribution in [2.45, 2.75) is 12.8 Å². The number of aliphatic imine (C=N–C) groups is 1. The molecule has 3 aromatic heterocycles. The van der Waals surface area contributed by atoms with Gasteiger partial charge in [-0.25, -0.2) is 4.98 Å². The number of nitrogens with one attached hydrogen (secondary N) is 3. The number of hydrogen-bond acceptors (Lipinski definition) is 5. The van der Waals surface area contributed by atoms with E-state index >= 15 is 0 Å². The van der Waals surface area contributed by atoms with Gasteiger partial charge in [0.05, 0.1) is 6.26 Å². The second-order valence-electron chi connectivity index (χ2n) is 5.33. The maximum atomic E-state index is 5.28. The molecule has 0 amide bonds. The van der Waals surface area contributed by atoms with Crippen LogP contribution < -0.4 is 10.6 Å². The van der Waals surface area contributed by atoms with Crippen molar-refractivity contribution in [2.75, 3.05) is 20.1 Å². The van der Waals surface area contributed by atoms with Crippen molar-refractivity contribution in [1.29, 1.82) is 0 Å². The van der Waals surface area contributed by atoms with E-state index in [0.29, 0.717) is 24.6 Å². The van der Waals surface area contributed by atoms with E-state index in [9.17, 15) is 0 Å². The predicted molar refractivity (Wildman–Crippen MR) is 95.1 cm³/mol. The highest BCUT2D eigenvalue weighted by Gasteiger charge is 2.08. The molecule has 3 aromatic rings. The summed E-state index contributed by atoms with van der Waals surface area (Å²) in [4.78, 5) is 12.9. The SMILES string of the molecule is CN=C(NCCc1ccccn1)NCCc1nc(-c2ccco2)n[nH]1. The molecule has 0 aliphatic carbocycles. The third-order valence-corrected chi connectivity index (χ3v) is 3.55. The highest BCUT2D eigenvalue weighted by molar-refractivity contribution is 5.79. The summed E-state index contributed by atoms with van der Waals surface area (Å²) >= 11 is 0. The average molecular weight is 339 g/mol. The Bertz CT molecular complexity index is 780. The van der Waals surface area contributed by atoms with E-state index in [0.717, 1.165) is 30.4 Å². The Kier molecular flexibility index (Phi) is 5.76. The number of guanidine groups is 1. The Morgan fingerprint density at radius 1 is 1.16 bits per heavy atom. The van der Waals surface area contributed by atoms with Gasteiger partial charge in [-0.2, -0.15) is 5.10 Å². The van der Waals surface area contributed by atoms with Gasteiger partial charge >= 0.3 is 0 Å². The molecule has 0 aromatic carbocycles. The van der Waals surface area contributed by atoms with Crippen LogP contribution in [0.15, 0.2) is 52.2 Å². The molecule has 0 aliphatic rings. The van der Waals surface area contributed by atoms with Gasteiger partial charge in [-0.3, -0.25) is 15.1 Å². The van der Waals surface area contributed by atoms with Gasteiger partial charge in [-0.1, -0.05) is 6.07 Å². The second-order valence-corrected chi connectivity index (χ2v) is 5.33. The number of aromatic nitrogens is 4. The van der Waals surface area contributed by atoms with Crippen LogP contribution in [0, 0.1) is 0 Å². The standard InChI is InChI=1S/C17H21N7O/c1-18-17(20-10-7-13-5-2-3-9-19-13)21-11-8-15-22-16(24-23-15)14-6-4-12-25-14/h2-6,9,12H,7-8,10-11H2,1H3,(H2,18,20,21)(H,22,23,24). The minimum atomic E-state index is 0.567. The van der Waals surface area contributed by atoms with Crippen LogP contribution in [0.3, 0.4) is 0 Å². The van der Waals surface area contributed by atoms with E-state index in [1.807, 2.05) is 30.3 Å². The number of rotatable bonds is 7. The average Bonchev–Trinajstić information content (AvgIpc) is 3.33. The van der Waals surface area contributed by atoms with Crippen molar-refractivity contribution in [1.82, 2.24) is 30.8 Å². The molecule has 0 bridgehead atoms. The van der Waals surface area contributed by atoms with Crippen LogP contribution in [0.1, 0.15) is 11.5 Å². The second kappa shape index (κ2) is 8.62. The van der Waals surface area contributed by atoms with Gasteiger partial charge in [0.25, 0.3) is 0 Å². The zero-order chi connectivity index (χ0) is 17.3. The van der Waals surface area contributed by atoms with Crippen LogP contribution in [0.2, 0.25) is 0 Å². The van der Waals surface area contributed by atoms with Crippen molar-refractivity contribution in [3.05, 3.63) is 54.3 Å². The summed E-state index contributed by atoms with van der Waals surface area (Å²) in [5, 5.41) is 13.6. The number of nitrogens with zero attached hydrogens (tertiary/aromatic N) is 4. The number of H-pyrrole nitrogens is 1. The molecular formula is C17H21N7O. The Morgan fingerprint density at radius 2 is 2.04 bits per heavy atom. The lowest BCUT2D eigenvalue weighted by atomic mass is 10.3. The van der Waals surface area contributed by atoms with Gasteiger partial charge in [-0.15, -0.1) is 0 Å². The highest BCUT2D eigenvalue weighted by Crippen LogP contribution is 2.14. The summed E-state index contributed by atoms with van der Waals surface area (Å²) in [6.07, 6.45) is 4.95. The highest BCUT2D eigenvalue weighted by atomic mass is 16.3. The molecule has 0 saturated carbocycles. The quantitative estimate of drug-likeness (QED) is 0.444. The lowest BCUT2D eigenvalue weighted by Gasteiger charge is -2.10. The molecular weight excluding hydrogens is 318 g/mol. The van der Waals surface area contributed by atoms with Crippen LogP contribution in [0.5, 0.6) is 0 Å². The molecule has 8 heteroatoms. The third kappa shape index (κ3) is 4.90. The van der Waals surface area contributed by atoms with Crippen molar-refractivity contribution in [3.63, 3.8) is 0 Å². The molecule has 8 nitrogen and oxygen atoms in total. The molecule has 0 saturated heterocycles. The fourth-order valence-corrected chi connectivity index (χ4v) is 2.30. The predicted octanol–water partition coefficient (Wildman–Crippen LogP) is 1.41. The molecule has 3 N–H and O–H groups in total. The minimum Gasteiger partial charge on any atom is -0.461 e. The van der Waals surface area contributed by atoms with Gasteiger partial charge in [0.15, 0.2) is 11.7 Å². The molecule has 3 rings (SSSR count). The molecule has 130 valence electrons. The summed E-state index contributed by atoms with van der Waals surface area (Å²) in [5.74, 6) is 2.77. The number of hydrogen-bond donors (Lipinski definition) is 3. The summed E-state index contributed by atoms with van der Waals surface area (Å²) in [5.41, 5.74) is 1.05. The first-order valence-corrected chi connectivity index (χ1v) is 8.15. The van der Waals surface area contributed by atoms with E-state index in [1.54, 1.807) is 19.5 Å². The van der Waals surface area contributed by atoms with Crippen LogP contribution >= 0.6 is 0 Å². The monoisotopic (exact) mass is 339 g/mol. The lowest BCUT2D eigenvalue weighted by molar-refractivity contribution is 0.577. The molecule has 0 unspecified atom stereocenters. The first kappa shape index (κ1) is 16.7. The molecule has 0 spiro atoms. The number of aromatic amines is 1. The van der Waals surface area contributed by atoms with Gasteiger partial charge in [0, 0.05) is 44.9 Å². The molecule has 0 atom stereocenters. The molecule has 25 heavy (non-hydrogen) atoms. The summed E-state index contributed by atoms with van der Waals surface area (Å²) < 4.78 is 5.28. The minimum absolute atomic E-state index is 0.567. The van der Waals surface area contributed by atoms with Gasteiger partial charge in [-0.05, 0) is 24.3 Å². The third-order valence-electron chi connectivity index (χ3n) is 3.55. The first-order chi connectivity index (χ1) is 12.3. The molecule has 3 heterocycles. The zero-order valence-electron chi connectivity index (χ0n) is 14.1. The first-order valence-electron chi connectivity index (χ1n) is 8.15. The van der Waals surface area contributed by atoms with Gasteiger partial charge in [0.1, 0.15) is 5.82 Å². The van der Waals surface area contributed by atoms with Crippen molar-refractivity contribution in [3.8, 4) is 11.6 Å². The Labute approximate surface area is 145 Å².